The van der Waals surface area contributed by atoms with Gasteiger partial charge < -0.3 is 10.1 Å². The maximum absolute atomic E-state index is 12.4. The molecule has 0 bridgehead atoms. The second-order valence-corrected chi connectivity index (χ2v) is 8.70. The molecule has 0 saturated carbocycles. The molecule has 7 nitrogen and oxygen atoms in total. The number of nitrogens with one attached hydrogen (secondary N) is 1. The van der Waals surface area contributed by atoms with Crippen molar-refractivity contribution in [3.8, 4) is 17.6 Å². The molecule has 0 unspecified atom stereocenters. The fraction of sp³-hybridized carbons (Fsp3) is 0.185. The molecule has 0 saturated heterocycles. The van der Waals surface area contributed by atoms with Crippen LogP contribution in [0.4, 0.5) is 5.69 Å². The third-order valence-corrected chi connectivity index (χ3v) is 5.10. The average molecular weight is 456 g/mol. The first-order valence-corrected chi connectivity index (χ1v) is 10.7. The van der Waals surface area contributed by atoms with Crippen LogP contribution in [0.15, 0.2) is 78.4 Å². The highest BCUT2D eigenvalue weighted by molar-refractivity contribution is 6.01. The molecule has 0 aliphatic heterocycles. The van der Waals surface area contributed by atoms with Crippen LogP contribution in [0.5, 0.6) is 11.5 Å². The number of carbonyl (C=O) groups excluding carboxylic acids is 1. The summed E-state index contributed by atoms with van der Waals surface area (Å²) >= 11 is 0. The van der Waals surface area contributed by atoms with Gasteiger partial charge in [0.05, 0.1) is 4.92 Å². The Bertz CT molecular complexity index is 1250. The number of nitro benzene ring substituents is 1. The minimum atomic E-state index is -0.562. The van der Waals surface area contributed by atoms with E-state index in [2.05, 4.69) is 26.1 Å². The minimum absolute atomic E-state index is 0.0235. The van der Waals surface area contributed by atoms with Gasteiger partial charge in [-0.05, 0) is 46.4 Å². The number of hydrogen-bond donors (Lipinski definition) is 1. The van der Waals surface area contributed by atoms with Crippen molar-refractivity contribution in [2.24, 2.45) is 0 Å². The van der Waals surface area contributed by atoms with Crippen molar-refractivity contribution >= 4 is 17.7 Å². The Balaban J connectivity index is 1.79. The van der Waals surface area contributed by atoms with Crippen molar-refractivity contribution in [3.63, 3.8) is 0 Å². The quantitative estimate of drug-likeness (QED) is 0.206. The third kappa shape index (κ3) is 6.30. The first kappa shape index (κ1) is 24.2. The lowest BCUT2D eigenvalue weighted by atomic mass is 9.87. The summed E-state index contributed by atoms with van der Waals surface area (Å²) in [6.07, 6.45) is 1.31. The maximum Gasteiger partial charge on any atom is 0.312 e. The molecule has 34 heavy (non-hydrogen) atoms. The van der Waals surface area contributed by atoms with Crippen molar-refractivity contribution in [1.82, 2.24) is 5.32 Å². The Labute approximate surface area is 198 Å². The van der Waals surface area contributed by atoms with Gasteiger partial charge in [-0.1, -0.05) is 69.3 Å². The summed E-state index contributed by atoms with van der Waals surface area (Å²) in [5.74, 6) is -0.0247. The number of benzene rings is 3. The zero-order valence-electron chi connectivity index (χ0n) is 19.2. The Kier molecular flexibility index (Phi) is 7.44. The molecule has 7 heteroatoms. The van der Waals surface area contributed by atoms with E-state index >= 15 is 0 Å². The molecule has 172 valence electrons. The van der Waals surface area contributed by atoms with Crippen LogP contribution in [-0.2, 0) is 16.8 Å². The van der Waals surface area contributed by atoms with Gasteiger partial charge in [-0.2, -0.15) is 5.26 Å². The molecule has 1 amide bonds. The first-order chi connectivity index (χ1) is 16.2. The Hall–Kier alpha value is -4.44. The lowest BCUT2D eigenvalue weighted by Crippen LogP contribution is -2.23. The maximum atomic E-state index is 12.4. The lowest BCUT2D eigenvalue weighted by molar-refractivity contribution is -0.385. The van der Waals surface area contributed by atoms with Crippen LogP contribution >= 0.6 is 0 Å². The predicted octanol–water partition coefficient (Wildman–Crippen LogP) is 5.91. The second kappa shape index (κ2) is 10.5. The van der Waals surface area contributed by atoms with Crippen molar-refractivity contribution in [2.75, 3.05) is 0 Å². The molecular weight excluding hydrogens is 430 g/mol. The molecule has 0 fully saturated rings. The van der Waals surface area contributed by atoms with Crippen molar-refractivity contribution in [3.05, 3.63) is 105 Å². The van der Waals surface area contributed by atoms with Crippen molar-refractivity contribution in [1.29, 1.82) is 5.26 Å². The monoisotopic (exact) mass is 455 g/mol. The van der Waals surface area contributed by atoms with Gasteiger partial charge in [-0.3, -0.25) is 14.9 Å². The molecule has 3 aromatic carbocycles. The lowest BCUT2D eigenvalue weighted by Gasteiger charge is -2.19. The number of hydrogen-bond acceptors (Lipinski definition) is 5. The molecule has 3 rings (SSSR count). The van der Waals surface area contributed by atoms with E-state index in [9.17, 15) is 20.2 Å². The van der Waals surface area contributed by atoms with Crippen LogP contribution in [0.3, 0.4) is 0 Å². The third-order valence-electron chi connectivity index (χ3n) is 5.10. The van der Waals surface area contributed by atoms with Crippen LogP contribution < -0.4 is 10.1 Å². The van der Waals surface area contributed by atoms with Crippen LogP contribution in [0.2, 0.25) is 0 Å². The van der Waals surface area contributed by atoms with Gasteiger partial charge in [-0.15, -0.1) is 0 Å². The van der Waals surface area contributed by atoms with Gasteiger partial charge in [0, 0.05) is 12.6 Å². The highest BCUT2D eigenvalue weighted by Crippen LogP contribution is 2.34. The predicted molar refractivity (Wildman–Crippen MR) is 130 cm³/mol. The van der Waals surface area contributed by atoms with Gasteiger partial charge >= 0.3 is 5.69 Å². The Morgan fingerprint density at radius 3 is 2.35 bits per heavy atom. The zero-order valence-corrected chi connectivity index (χ0v) is 19.2. The SMILES string of the molecule is CC(C)(C)c1ccc(Oc2ccc(/C=C(\C#N)C(=O)NCc3ccccc3)cc2[N+](=O)[O-])cc1. The van der Waals surface area contributed by atoms with E-state index < -0.39 is 10.8 Å². The number of rotatable bonds is 7. The number of nitriles is 1. The summed E-state index contributed by atoms with van der Waals surface area (Å²) in [5.41, 5.74) is 1.90. The molecule has 0 radical (unpaired) electrons. The highest BCUT2D eigenvalue weighted by atomic mass is 16.6. The summed E-state index contributed by atoms with van der Waals surface area (Å²) in [7, 11) is 0. The number of nitrogens with zero attached hydrogens (tertiary/aromatic N) is 2. The highest BCUT2D eigenvalue weighted by Gasteiger charge is 2.18. The van der Waals surface area contributed by atoms with Gasteiger partial charge in [0.2, 0.25) is 5.75 Å². The normalized spacial score (nSPS) is 11.4. The molecule has 0 spiro atoms. The summed E-state index contributed by atoms with van der Waals surface area (Å²) in [6, 6.07) is 22.8. The summed E-state index contributed by atoms with van der Waals surface area (Å²) in [5, 5.41) is 23.8. The fourth-order valence-corrected chi connectivity index (χ4v) is 3.19. The molecule has 0 aliphatic rings. The van der Waals surface area contributed by atoms with Crippen LogP contribution in [0.1, 0.15) is 37.5 Å². The molecule has 1 N–H and O–H groups in total. The van der Waals surface area contributed by atoms with E-state index in [4.69, 9.17) is 4.74 Å². The van der Waals surface area contributed by atoms with E-state index in [1.807, 2.05) is 48.5 Å². The number of carbonyl (C=O) groups is 1. The van der Waals surface area contributed by atoms with Crippen LogP contribution in [-0.4, -0.2) is 10.8 Å². The van der Waals surface area contributed by atoms with Gasteiger partial charge in [0.15, 0.2) is 0 Å². The van der Waals surface area contributed by atoms with Gasteiger partial charge in [-0.25, -0.2) is 0 Å². The molecule has 0 aromatic heterocycles. The van der Waals surface area contributed by atoms with Gasteiger partial charge in [0.25, 0.3) is 5.91 Å². The standard InChI is InChI=1S/C27H25N3O4/c1-27(2,3)22-10-12-23(13-11-22)34-25-14-9-20(16-24(25)30(32)33)15-21(17-28)26(31)29-18-19-7-5-4-6-8-19/h4-16H,18H2,1-3H3,(H,29,31)/b21-15+. The topological polar surface area (TPSA) is 105 Å². The van der Waals surface area contributed by atoms with Crippen molar-refractivity contribution in [2.45, 2.75) is 32.7 Å². The zero-order chi connectivity index (χ0) is 24.7. The fourth-order valence-electron chi connectivity index (χ4n) is 3.19. The van der Waals surface area contributed by atoms with E-state index in [0.29, 0.717) is 11.3 Å². The van der Waals surface area contributed by atoms with Crippen LogP contribution in [0.25, 0.3) is 6.08 Å². The summed E-state index contributed by atoms with van der Waals surface area (Å²) in [4.78, 5) is 23.5. The number of nitro groups is 1. The van der Waals surface area contributed by atoms with E-state index in [1.54, 1.807) is 18.2 Å². The van der Waals surface area contributed by atoms with Crippen LogP contribution in [0, 0.1) is 21.4 Å². The smallest absolute Gasteiger partial charge is 0.312 e. The molecule has 0 atom stereocenters. The number of ether oxygens (including phenoxy) is 1. The van der Waals surface area contributed by atoms with E-state index in [-0.39, 0.29) is 29.0 Å². The molecular formula is C27H25N3O4. The van der Waals surface area contributed by atoms with E-state index in [0.717, 1.165) is 11.1 Å². The Morgan fingerprint density at radius 1 is 1.09 bits per heavy atom. The second-order valence-electron chi connectivity index (χ2n) is 8.70. The van der Waals surface area contributed by atoms with Gasteiger partial charge in [0.1, 0.15) is 17.4 Å². The summed E-state index contributed by atoms with van der Waals surface area (Å²) < 4.78 is 5.75. The minimum Gasteiger partial charge on any atom is -0.450 e. The average Bonchev–Trinajstić information content (AvgIpc) is 2.82. The van der Waals surface area contributed by atoms with Crippen molar-refractivity contribution < 1.29 is 14.5 Å². The Morgan fingerprint density at radius 2 is 1.76 bits per heavy atom. The number of amides is 1. The van der Waals surface area contributed by atoms with E-state index in [1.165, 1.54) is 18.2 Å². The molecule has 0 aliphatic carbocycles. The largest absolute Gasteiger partial charge is 0.450 e. The summed E-state index contributed by atoms with van der Waals surface area (Å²) in [6.45, 7) is 6.55. The molecule has 0 heterocycles. The first-order valence-electron chi connectivity index (χ1n) is 10.7. The molecule has 3 aromatic rings.